The van der Waals surface area contributed by atoms with Crippen molar-refractivity contribution < 1.29 is 9.53 Å². The molecular weight excluding hydrogens is 468 g/mol. The molecule has 3 atom stereocenters. The van der Waals surface area contributed by atoms with Crippen molar-refractivity contribution in [2.24, 2.45) is 5.92 Å². The average Bonchev–Trinajstić information content (AvgIpc) is 3.45. The van der Waals surface area contributed by atoms with Gasteiger partial charge in [-0.15, -0.1) is 0 Å². The number of hydrogen-bond donors (Lipinski definition) is 0. The smallest absolute Gasteiger partial charge is 0.258 e. The van der Waals surface area contributed by atoms with Crippen LogP contribution in [0.2, 0.25) is 5.02 Å². The van der Waals surface area contributed by atoms with Crippen LogP contribution in [0.1, 0.15) is 79.3 Å². The number of rotatable bonds is 4. The fraction of sp³-hybridized carbons (Fsp3) is 0.516. The standard InChI is InChI=1S/C31H35ClN2O2/c1-33-24-10-11-25(33)19-27(18-24)36-30-14-12-26(20-29(30)32)34-16-15-23-17-22(9-13-28(23)31(34)35)8-4-7-21-5-2-3-6-21/h9,12-14,17,20-21,24-25,27H,2-3,5-7,10-11,15-16,18-19H2,1H3/t24-,25+,27?. The van der Waals surface area contributed by atoms with E-state index >= 15 is 0 Å². The highest BCUT2D eigenvalue weighted by Gasteiger charge is 2.39. The highest BCUT2D eigenvalue weighted by molar-refractivity contribution is 6.32. The fourth-order valence-electron chi connectivity index (χ4n) is 6.71. The van der Waals surface area contributed by atoms with Crippen molar-refractivity contribution in [1.29, 1.82) is 0 Å². The number of benzene rings is 2. The molecule has 2 bridgehead atoms. The lowest BCUT2D eigenvalue weighted by Gasteiger charge is -2.36. The SMILES string of the molecule is CN1[C@@H]2CC[C@H]1CC(Oc1ccc(N3CCc4cc(C#CCC5CCCC5)ccc4C3=O)cc1Cl)C2. The summed E-state index contributed by atoms with van der Waals surface area (Å²) < 4.78 is 6.34. The van der Waals surface area contributed by atoms with E-state index in [9.17, 15) is 4.79 Å². The van der Waals surface area contributed by atoms with E-state index in [-0.39, 0.29) is 12.0 Å². The third-order valence-electron chi connectivity index (χ3n) is 8.86. The molecule has 4 nitrogen and oxygen atoms in total. The zero-order chi connectivity index (χ0) is 24.6. The highest BCUT2D eigenvalue weighted by atomic mass is 35.5. The number of ether oxygens (including phenoxy) is 1. The van der Waals surface area contributed by atoms with Crippen LogP contribution in [0.25, 0.3) is 0 Å². The Morgan fingerprint density at radius 1 is 1.03 bits per heavy atom. The van der Waals surface area contributed by atoms with Crippen LogP contribution in [0.4, 0.5) is 5.69 Å². The zero-order valence-corrected chi connectivity index (χ0v) is 21.9. The summed E-state index contributed by atoms with van der Waals surface area (Å²) in [6, 6.07) is 13.1. The Morgan fingerprint density at radius 2 is 1.81 bits per heavy atom. The normalized spacial score (nSPS) is 26.0. The lowest BCUT2D eigenvalue weighted by molar-refractivity contribution is 0.0662. The van der Waals surface area contributed by atoms with Gasteiger partial charge in [-0.3, -0.25) is 4.79 Å². The van der Waals surface area contributed by atoms with Gasteiger partial charge in [0.1, 0.15) is 11.9 Å². The number of hydrogen-bond acceptors (Lipinski definition) is 3. The van der Waals surface area contributed by atoms with Gasteiger partial charge in [-0.25, -0.2) is 0 Å². The van der Waals surface area contributed by atoms with Gasteiger partial charge in [0, 0.05) is 41.9 Å². The number of nitrogens with zero attached hydrogens (tertiary/aromatic N) is 2. The molecule has 0 aromatic heterocycles. The van der Waals surface area contributed by atoms with Crippen LogP contribution in [0, 0.1) is 17.8 Å². The summed E-state index contributed by atoms with van der Waals surface area (Å²) in [5.74, 6) is 8.22. The Balaban J connectivity index is 1.12. The quantitative estimate of drug-likeness (QED) is 0.448. The van der Waals surface area contributed by atoms with Gasteiger partial charge in [-0.05, 0) is 99.9 Å². The second-order valence-electron chi connectivity index (χ2n) is 11.1. The number of carbonyl (C=O) groups excluding carboxylic acids is 1. The monoisotopic (exact) mass is 502 g/mol. The predicted molar refractivity (Wildman–Crippen MR) is 145 cm³/mol. The number of halogens is 1. The van der Waals surface area contributed by atoms with Gasteiger partial charge < -0.3 is 14.5 Å². The van der Waals surface area contributed by atoms with Crippen LogP contribution < -0.4 is 9.64 Å². The third-order valence-corrected chi connectivity index (χ3v) is 9.15. The summed E-state index contributed by atoms with van der Waals surface area (Å²) in [5, 5.41) is 0.574. The molecule has 1 aliphatic carbocycles. The largest absolute Gasteiger partial charge is 0.489 e. The zero-order valence-electron chi connectivity index (χ0n) is 21.1. The maximum Gasteiger partial charge on any atom is 0.258 e. The number of anilines is 1. The van der Waals surface area contributed by atoms with Gasteiger partial charge in [-0.2, -0.15) is 0 Å². The molecular formula is C31H35ClN2O2. The maximum atomic E-state index is 13.4. The molecule has 0 N–H and O–H groups in total. The van der Waals surface area contributed by atoms with Crippen LogP contribution in [0.3, 0.4) is 0 Å². The Bertz CT molecular complexity index is 1190. The lowest BCUT2D eigenvalue weighted by Crippen LogP contribution is -2.43. The van der Waals surface area contributed by atoms with E-state index in [4.69, 9.17) is 16.3 Å². The minimum atomic E-state index is 0.0262. The van der Waals surface area contributed by atoms with Crippen molar-refractivity contribution in [3.05, 3.63) is 58.1 Å². The second-order valence-corrected chi connectivity index (χ2v) is 11.5. The number of fused-ring (bicyclic) bond motifs is 3. The Kier molecular flexibility index (Phi) is 6.71. The first-order chi connectivity index (χ1) is 17.5. The van der Waals surface area contributed by atoms with Crippen molar-refractivity contribution in [3.63, 3.8) is 0 Å². The van der Waals surface area contributed by atoms with Gasteiger partial charge >= 0.3 is 0 Å². The number of carbonyl (C=O) groups is 1. The second kappa shape index (κ2) is 10.1. The molecule has 3 fully saturated rings. The molecule has 2 aromatic rings. The van der Waals surface area contributed by atoms with Crippen molar-refractivity contribution in [3.8, 4) is 17.6 Å². The van der Waals surface area contributed by atoms with Gasteiger partial charge in [0.15, 0.2) is 0 Å². The van der Waals surface area contributed by atoms with Crippen LogP contribution >= 0.6 is 11.6 Å². The molecule has 36 heavy (non-hydrogen) atoms. The van der Waals surface area contributed by atoms with Crippen LogP contribution in [0.15, 0.2) is 36.4 Å². The van der Waals surface area contributed by atoms with Gasteiger partial charge in [0.05, 0.1) is 5.02 Å². The summed E-state index contributed by atoms with van der Waals surface area (Å²) in [6.07, 6.45) is 12.0. The van der Waals surface area contributed by atoms with Gasteiger partial charge in [0.25, 0.3) is 5.91 Å². The van der Waals surface area contributed by atoms with Gasteiger partial charge in [-0.1, -0.05) is 36.3 Å². The van der Waals surface area contributed by atoms with E-state index < -0.39 is 0 Å². The molecule has 1 saturated carbocycles. The van der Waals surface area contributed by atoms with E-state index in [1.54, 1.807) is 0 Å². The van der Waals surface area contributed by atoms with Crippen molar-refractivity contribution in [2.75, 3.05) is 18.5 Å². The minimum absolute atomic E-state index is 0.0262. The molecule has 1 amide bonds. The predicted octanol–water partition coefficient (Wildman–Crippen LogP) is 6.48. The molecule has 4 aliphatic rings. The topological polar surface area (TPSA) is 32.8 Å². The van der Waals surface area contributed by atoms with Crippen molar-refractivity contribution in [2.45, 2.75) is 82.4 Å². The first-order valence-electron chi connectivity index (χ1n) is 13.7. The first-order valence-corrected chi connectivity index (χ1v) is 14.0. The Labute approximate surface area is 219 Å². The maximum absolute atomic E-state index is 13.4. The lowest BCUT2D eigenvalue weighted by atomic mass is 9.96. The summed E-state index contributed by atoms with van der Waals surface area (Å²) in [6.45, 7) is 0.639. The summed E-state index contributed by atoms with van der Waals surface area (Å²) >= 11 is 6.66. The minimum Gasteiger partial charge on any atom is -0.489 e. The molecule has 5 heteroatoms. The Hall–Kier alpha value is -2.48. The van der Waals surface area contributed by atoms with E-state index in [0.29, 0.717) is 23.7 Å². The molecule has 2 aromatic carbocycles. The molecule has 0 spiro atoms. The van der Waals surface area contributed by atoms with Crippen molar-refractivity contribution in [1.82, 2.24) is 4.90 Å². The summed E-state index contributed by atoms with van der Waals surface area (Å²) in [7, 11) is 2.24. The molecule has 3 heterocycles. The van der Waals surface area contributed by atoms with Gasteiger partial charge in [0.2, 0.25) is 0 Å². The van der Waals surface area contributed by atoms with Crippen LogP contribution in [-0.2, 0) is 6.42 Å². The number of amides is 1. The Morgan fingerprint density at radius 3 is 2.56 bits per heavy atom. The van der Waals surface area contributed by atoms with E-state index in [2.05, 4.69) is 29.9 Å². The summed E-state index contributed by atoms with van der Waals surface area (Å²) in [5.41, 5.74) is 3.69. The van der Waals surface area contributed by atoms with Crippen molar-refractivity contribution >= 4 is 23.2 Å². The highest BCUT2D eigenvalue weighted by Crippen LogP contribution is 2.38. The van der Waals surface area contributed by atoms with E-state index in [1.807, 2.05) is 35.2 Å². The van der Waals surface area contributed by atoms with Crippen LogP contribution in [-0.4, -0.2) is 42.6 Å². The molecule has 188 valence electrons. The molecule has 0 radical (unpaired) electrons. The number of piperidine rings is 1. The third kappa shape index (κ3) is 4.76. The van der Waals surface area contributed by atoms with Crippen LogP contribution in [0.5, 0.6) is 5.75 Å². The average molecular weight is 503 g/mol. The summed E-state index contributed by atoms with van der Waals surface area (Å²) in [4.78, 5) is 17.7. The molecule has 3 aliphatic heterocycles. The first kappa shape index (κ1) is 23.9. The fourth-order valence-corrected chi connectivity index (χ4v) is 6.93. The molecule has 2 saturated heterocycles. The van der Waals surface area contributed by atoms with E-state index in [1.165, 1.54) is 38.5 Å². The van der Waals surface area contributed by atoms with E-state index in [0.717, 1.165) is 59.7 Å². The molecule has 6 rings (SSSR count). The molecule has 1 unspecified atom stereocenters.